The van der Waals surface area contributed by atoms with Crippen LogP contribution in [0, 0.1) is 0 Å². The average Bonchev–Trinajstić information content (AvgIpc) is 3.31. The summed E-state index contributed by atoms with van der Waals surface area (Å²) in [6.45, 7) is 8.96. The maximum absolute atomic E-state index is 11.9. The van der Waals surface area contributed by atoms with Crippen LogP contribution in [0.4, 0.5) is 0 Å². The van der Waals surface area contributed by atoms with E-state index in [0.29, 0.717) is 12.8 Å². The van der Waals surface area contributed by atoms with Crippen LogP contribution in [0.15, 0.2) is 70.5 Å². The molecule has 4 aromatic rings. The normalized spacial score (nSPS) is 11.8. The van der Waals surface area contributed by atoms with E-state index in [4.69, 9.17) is 0 Å². The van der Waals surface area contributed by atoms with Crippen LogP contribution in [0.3, 0.4) is 0 Å². The molecule has 69 heavy (non-hydrogen) atoms. The Morgan fingerprint density at radius 2 is 0.565 bits per heavy atom. The van der Waals surface area contributed by atoms with Crippen LogP contribution in [-0.4, -0.2) is 74.8 Å². The number of hydrogen-bond acceptors (Lipinski definition) is 6. The van der Waals surface area contributed by atoms with Gasteiger partial charge in [-0.2, -0.15) is 0 Å². The zero-order chi connectivity index (χ0) is 49.3. The first-order chi connectivity index (χ1) is 32.9. The summed E-state index contributed by atoms with van der Waals surface area (Å²) in [6, 6.07) is 19.4. The van der Waals surface area contributed by atoms with E-state index in [-0.39, 0.29) is 58.7 Å². The molecule has 0 bridgehead atoms. The molecule has 0 spiro atoms. The molecule has 0 atom stereocenters. The predicted molar refractivity (Wildman–Crippen MR) is 295 cm³/mol. The number of aryl methyl sites for hydroxylation is 4. The van der Waals surface area contributed by atoms with Crippen molar-refractivity contribution < 1.29 is 25.9 Å². The van der Waals surface area contributed by atoms with Crippen LogP contribution in [0.5, 0.6) is 0 Å². The molecule has 4 aromatic carbocycles. The largest absolute Gasteiger partial charge is 2.00 e. The summed E-state index contributed by atoms with van der Waals surface area (Å²) < 4.78 is 71.6. The van der Waals surface area contributed by atoms with Gasteiger partial charge in [0.1, 0.15) is 20.2 Å². The van der Waals surface area contributed by atoms with Gasteiger partial charge in [-0.25, -0.2) is 16.8 Å². The van der Waals surface area contributed by atoms with E-state index < -0.39 is 20.2 Å². The summed E-state index contributed by atoms with van der Waals surface area (Å²) in [7, 11) is -8.94. The quantitative estimate of drug-likeness (QED) is 0.0251. The third-order valence-electron chi connectivity index (χ3n) is 14.0. The first-order valence-corrected chi connectivity index (χ1v) is 30.8. The van der Waals surface area contributed by atoms with Crippen molar-refractivity contribution >= 4 is 90.7 Å². The standard InChI is InChI=1S/2C30H48O3S.Ba/c2*1-3-5-7-9-11-13-15-17-19-26-21-23-28-27(25-26)22-24-30(34(31,32)33)29(28)20-18-16-14-12-10-8-6-4-2;/h2*21-25H,3-20H2,1-2H3,(H,31,32,33);/q;;+2/p-2. The molecule has 4 rings (SSSR count). The first-order valence-electron chi connectivity index (χ1n) is 27.9. The zero-order valence-corrected chi connectivity index (χ0v) is 50.3. The summed E-state index contributed by atoms with van der Waals surface area (Å²) in [6.07, 6.45) is 43.5. The van der Waals surface area contributed by atoms with E-state index in [2.05, 4.69) is 52.0 Å². The van der Waals surface area contributed by atoms with Crippen LogP contribution in [-0.2, 0) is 45.9 Å². The molecule has 9 heteroatoms. The van der Waals surface area contributed by atoms with Crippen molar-refractivity contribution in [2.45, 2.75) is 269 Å². The van der Waals surface area contributed by atoms with E-state index >= 15 is 0 Å². The third kappa shape index (κ3) is 26.5. The fourth-order valence-electron chi connectivity index (χ4n) is 9.94. The SMILES string of the molecule is CCCCCCCCCCc1ccc2c(CCCCCCCCCC)c(S(=O)(=O)[O-])ccc2c1.CCCCCCCCCCc1ccc2c(CCCCCCCCCC)c(S(=O)(=O)[O-])ccc2c1.[Ba+2]. The summed E-state index contributed by atoms with van der Waals surface area (Å²) in [4.78, 5) is -0.0578. The van der Waals surface area contributed by atoms with Crippen molar-refractivity contribution in [1.29, 1.82) is 0 Å². The predicted octanol–water partition coefficient (Wildman–Crippen LogP) is 17.8. The van der Waals surface area contributed by atoms with Gasteiger partial charge in [0.2, 0.25) is 0 Å². The Labute approximate surface area is 463 Å². The molecular weight excluding hydrogens is 1020 g/mol. The van der Waals surface area contributed by atoms with Crippen LogP contribution in [0.25, 0.3) is 21.5 Å². The first kappa shape index (κ1) is 63.9. The van der Waals surface area contributed by atoms with E-state index in [1.54, 1.807) is 0 Å². The summed E-state index contributed by atoms with van der Waals surface area (Å²) in [5.74, 6) is 0. The second-order valence-corrected chi connectivity index (χ2v) is 22.7. The van der Waals surface area contributed by atoms with Gasteiger partial charge in [0.05, 0.1) is 9.79 Å². The van der Waals surface area contributed by atoms with Crippen molar-refractivity contribution in [3.05, 3.63) is 82.9 Å². The smallest absolute Gasteiger partial charge is 0.744 e. The van der Waals surface area contributed by atoms with Crippen LogP contribution in [0.1, 0.15) is 255 Å². The minimum atomic E-state index is -4.47. The molecule has 0 aliphatic rings. The van der Waals surface area contributed by atoms with Gasteiger partial charge in [-0.15, -0.1) is 0 Å². The number of rotatable bonds is 38. The molecule has 0 N–H and O–H groups in total. The Bertz CT molecular complexity index is 2030. The van der Waals surface area contributed by atoms with Gasteiger partial charge in [0.25, 0.3) is 0 Å². The molecule has 0 heterocycles. The van der Waals surface area contributed by atoms with Crippen molar-refractivity contribution in [2.24, 2.45) is 0 Å². The maximum Gasteiger partial charge on any atom is 2.00 e. The minimum Gasteiger partial charge on any atom is -0.744 e. The molecule has 0 saturated heterocycles. The topological polar surface area (TPSA) is 114 Å². The zero-order valence-electron chi connectivity index (χ0n) is 44.2. The monoisotopic (exact) mass is 1110 g/mol. The summed E-state index contributed by atoms with van der Waals surface area (Å²) >= 11 is 0. The molecule has 0 unspecified atom stereocenters. The van der Waals surface area contributed by atoms with Crippen molar-refractivity contribution in [2.75, 3.05) is 0 Å². The van der Waals surface area contributed by atoms with Crippen LogP contribution >= 0.6 is 0 Å². The number of fused-ring (bicyclic) bond motifs is 2. The summed E-state index contributed by atoms with van der Waals surface area (Å²) in [5.41, 5.74) is 4.04. The van der Waals surface area contributed by atoms with Gasteiger partial charge in [0.15, 0.2) is 0 Å². The molecule has 0 aromatic heterocycles. The van der Waals surface area contributed by atoms with Gasteiger partial charge < -0.3 is 9.11 Å². The fourth-order valence-corrected chi connectivity index (χ4v) is 11.4. The second kappa shape index (κ2) is 38.4. The molecule has 0 fully saturated rings. The number of benzene rings is 4. The Hall–Kier alpha value is -1.21. The average molecular weight is 1110 g/mol. The molecule has 0 amide bonds. The Kier molecular flexibility index (Phi) is 35.5. The molecule has 0 aliphatic heterocycles. The van der Waals surface area contributed by atoms with E-state index in [1.807, 2.05) is 24.3 Å². The van der Waals surface area contributed by atoms with Crippen molar-refractivity contribution in [3.8, 4) is 0 Å². The molecule has 0 aliphatic carbocycles. The van der Waals surface area contributed by atoms with Gasteiger partial charge in [-0.1, -0.05) is 256 Å². The molecule has 384 valence electrons. The van der Waals surface area contributed by atoms with Gasteiger partial charge in [-0.3, -0.25) is 0 Å². The van der Waals surface area contributed by atoms with E-state index in [0.717, 1.165) is 71.2 Å². The third-order valence-corrected chi connectivity index (χ3v) is 15.9. The molecule has 6 nitrogen and oxygen atoms in total. The Balaban J connectivity index is 0.000000467. The van der Waals surface area contributed by atoms with Gasteiger partial charge >= 0.3 is 48.9 Å². The molecule has 0 radical (unpaired) electrons. The molecule has 0 saturated carbocycles. The van der Waals surface area contributed by atoms with Crippen LogP contribution < -0.4 is 0 Å². The Morgan fingerprint density at radius 1 is 0.319 bits per heavy atom. The summed E-state index contributed by atoms with van der Waals surface area (Å²) in [5, 5.41) is 3.97. The van der Waals surface area contributed by atoms with Gasteiger partial charge in [-0.05, 0) is 107 Å². The fraction of sp³-hybridized carbons (Fsp3) is 0.667. The Morgan fingerprint density at radius 3 is 0.826 bits per heavy atom. The molecular formula is C60H94BaO6S2. The minimum absolute atomic E-state index is 0. The van der Waals surface area contributed by atoms with E-state index in [1.165, 1.54) is 203 Å². The van der Waals surface area contributed by atoms with Crippen molar-refractivity contribution in [1.82, 2.24) is 0 Å². The van der Waals surface area contributed by atoms with Crippen molar-refractivity contribution in [3.63, 3.8) is 0 Å². The van der Waals surface area contributed by atoms with E-state index in [9.17, 15) is 25.9 Å². The second-order valence-electron chi connectivity index (χ2n) is 20.0. The number of hydrogen-bond donors (Lipinski definition) is 0. The van der Waals surface area contributed by atoms with Crippen LogP contribution in [0.2, 0.25) is 0 Å². The van der Waals surface area contributed by atoms with Gasteiger partial charge in [0, 0.05) is 0 Å². The number of unbranched alkanes of at least 4 members (excludes halogenated alkanes) is 28. The maximum atomic E-state index is 11.9.